The molecule has 23 heavy (non-hydrogen) atoms. The Morgan fingerprint density at radius 2 is 1.61 bits per heavy atom. The monoisotopic (exact) mass is 359 g/mol. The summed E-state index contributed by atoms with van der Waals surface area (Å²) in [7, 11) is -3.14. The fraction of sp³-hybridized carbons (Fsp3) is 0.778. The summed E-state index contributed by atoms with van der Waals surface area (Å²) < 4.78 is 26.8. The van der Waals surface area contributed by atoms with Crippen molar-refractivity contribution < 1.29 is 8.42 Å². The Bertz CT molecular complexity index is 535. The molecule has 1 aromatic rings. The lowest BCUT2D eigenvalue weighted by Gasteiger charge is -2.07. The van der Waals surface area contributed by atoms with E-state index in [-0.39, 0.29) is 5.75 Å². The minimum absolute atomic E-state index is 0.195. The van der Waals surface area contributed by atoms with Crippen LogP contribution in [0.1, 0.15) is 73.6 Å². The molecule has 0 aromatic carbocycles. The summed E-state index contributed by atoms with van der Waals surface area (Å²) in [5, 5.41) is 0. The summed E-state index contributed by atoms with van der Waals surface area (Å²) in [6, 6.07) is 2.11. The van der Waals surface area contributed by atoms with Gasteiger partial charge in [0.15, 0.2) is 0 Å². The van der Waals surface area contributed by atoms with Crippen molar-refractivity contribution in [3.63, 3.8) is 0 Å². The third-order valence-electron chi connectivity index (χ3n) is 4.14. The van der Waals surface area contributed by atoms with E-state index in [0.29, 0.717) is 13.0 Å². The number of hydrogen-bond acceptors (Lipinski definition) is 3. The number of thiophene rings is 1. The third-order valence-corrected chi connectivity index (χ3v) is 6.53. The van der Waals surface area contributed by atoms with E-state index in [1.165, 1.54) is 53.8 Å². The zero-order valence-electron chi connectivity index (χ0n) is 15.0. The molecule has 1 aromatic heterocycles. The van der Waals surface area contributed by atoms with Crippen molar-refractivity contribution in [2.75, 3.05) is 12.3 Å². The van der Waals surface area contributed by atoms with Crippen molar-refractivity contribution in [1.82, 2.24) is 4.72 Å². The average Bonchev–Trinajstić information content (AvgIpc) is 2.81. The molecule has 3 nitrogen and oxygen atoms in total. The average molecular weight is 360 g/mol. The van der Waals surface area contributed by atoms with Crippen LogP contribution in [0.3, 0.4) is 0 Å². The molecular formula is C18H33NO2S2. The van der Waals surface area contributed by atoms with Crippen LogP contribution in [0.5, 0.6) is 0 Å². The summed E-state index contributed by atoms with van der Waals surface area (Å²) in [6.07, 6.45) is 10.5. The molecule has 1 heterocycles. The Labute approximate surface area is 146 Å². The summed E-state index contributed by atoms with van der Waals surface area (Å²) in [6.45, 7) is 6.94. The Morgan fingerprint density at radius 3 is 2.17 bits per heavy atom. The minimum atomic E-state index is -3.14. The number of unbranched alkanes of at least 4 members (excludes halogenated alkanes) is 7. The van der Waals surface area contributed by atoms with Gasteiger partial charge < -0.3 is 0 Å². The van der Waals surface area contributed by atoms with E-state index in [4.69, 9.17) is 0 Å². The molecule has 0 spiro atoms. The number of nitrogens with one attached hydrogen (secondary N) is 1. The molecular weight excluding hydrogens is 326 g/mol. The van der Waals surface area contributed by atoms with E-state index in [9.17, 15) is 8.42 Å². The predicted octanol–water partition coefficient (Wildman–Crippen LogP) is 4.97. The Morgan fingerprint density at radius 1 is 1.00 bits per heavy atom. The summed E-state index contributed by atoms with van der Waals surface area (Å²) in [5.41, 5.74) is 1.17. The van der Waals surface area contributed by atoms with Gasteiger partial charge in [0.1, 0.15) is 0 Å². The molecule has 0 aliphatic carbocycles. The lowest BCUT2D eigenvalue weighted by molar-refractivity contribution is 0.558. The van der Waals surface area contributed by atoms with Crippen LogP contribution < -0.4 is 4.72 Å². The first kappa shape index (κ1) is 20.7. The van der Waals surface area contributed by atoms with Crippen LogP contribution in [0.2, 0.25) is 0 Å². The molecule has 0 aliphatic heterocycles. The second-order valence-corrected chi connectivity index (χ2v) is 9.76. The number of hydrogen-bond donors (Lipinski definition) is 1. The molecule has 1 rings (SSSR count). The highest BCUT2D eigenvalue weighted by atomic mass is 32.2. The van der Waals surface area contributed by atoms with Crippen molar-refractivity contribution in [3.05, 3.63) is 21.4 Å². The first-order valence-electron chi connectivity index (χ1n) is 8.98. The van der Waals surface area contributed by atoms with Gasteiger partial charge in [0.25, 0.3) is 0 Å². The second kappa shape index (κ2) is 11.2. The quantitative estimate of drug-likeness (QED) is 0.506. The lowest BCUT2D eigenvalue weighted by atomic mass is 10.1. The largest absolute Gasteiger partial charge is 0.215 e. The maximum absolute atomic E-state index is 12.0. The summed E-state index contributed by atoms with van der Waals surface area (Å²) >= 11 is 1.74. The zero-order chi connectivity index (χ0) is 17.1. The van der Waals surface area contributed by atoms with Crippen LogP contribution in [-0.2, 0) is 16.4 Å². The fourth-order valence-electron chi connectivity index (χ4n) is 2.73. The molecule has 0 aliphatic rings. The highest BCUT2D eigenvalue weighted by Gasteiger charge is 2.11. The standard InChI is InChI=1S/C18H33NO2S2/c1-4-5-6-7-8-9-10-11-13-19-23(20,21)14-12-18-15-16(2)22-17(18)3/h15,19H,4-14H2,1-3H3. The van der Waals surface area contributed by atoms with Gasteiger partial charge in [-0.25, -0.2) is 13.1 Å². The van der Waals surface area contributed by atoms with Gasteiger partial charge >= 0.3 is 0 Å². The van der Waals surface area contributed by atoms with Crippen LogP contribution in [0.4, 0.5) is 0 Å². The van der Waals surface area contributed by atoms with Gasteiger partial charge in [-0.15, -0.1) is 11.3 Å². The van der Waals surface area contributed by atoms with E-state index in [1.54, 1.807) is 11.3 Å². The molecule has 0 radical (unpaired) electrons. The highest BCUT2D eigenvalue weighted by molar-refractivity contribution is 7.89. The molecule has 0 atom stereocenters. The SMILES string of the molecule is CCCCCCCCCCNS(=O)(=O)CCc1cc(C)sc1C. The molecule has 0 fully saturated rings. The van der Waals surface area contributed by atoms with Crippen molar-refractivity contribution >= 4 is 21.4 Å². The lowest BCUT2D eigenvalue weighted by Crippen LogP contribution is -2.28. The van der Waals surface area contributed by atoms with Gasteiger partial charge in [0, 0.05) is 16.3 Å². The van der Waals surface area contributed by atoms with Crippen molar-refractivity contribution in [2.24, 2.45) is 0 Å². The van der Waals surface area contributed by atoms with Crippen LogP contribution in [0, 0.1) is 13.8 Å². The van der Waals surface area contributed by atoms with E-state index >= 15 is 0 Å². The van der Waals surface area contributed by atoms with Gasteiger partial charge in [-0.2, -0.15) is 0 Å². The predicted molar refractivity (Wildman–Crippen MR) is 102 cm³/mol. The van der Waals surface area contributed by atoms with Crippen LogP contribution >= 0.6 is 11.3 Å². The van der Waals surface area contributed by atoms with Crippen molar-refractivity contribution in [3.8, 4) is 0 Å². The van der Waals surface area contributed by atoms with E-state index in [0.717, 1.165) is 12.8 Å². The van der Waals surface area contributed by atoms with Crippen molar-refractivity contribution in [1.29, 1.82) is 0 Å². The van der Waals surface area contributed by atoms with Gasteiger partial charge in [0.2, 0.25) is 10.0 Å². The van der Waals surface area contributed by atoms with Gasteiger partial charge in [-0.1, -0.05) is 51.9 Å². The zero-order valence-corrected chi connectivity index (χ0v) is 16.6. The third kappa shape index (κ3) is 9.48. The molecule has 0 saturated heterocycles. The first-order valence-corrected chi connectivity index (χ1v) is 11.4. The molecule has 1 N–H and O–H groups in total. The van der Waals surface area contributed by atoms with Gasteiger partial charge in [-0.3, -0.25) is 0 Å². The normalized spacial score (nSPS) is 12.0. The molecule has 134 valence electrons. The smallest absolute Gasteiger partial charge is 0.211 e. The van der Waals surface area contributed by atoms with Gasteiger partial charge in [0.05, 0.1) is 5.75 Å². The van der Waals surface area contributed by atoms with E-state index in [1.807, 2.05) is 0 Å². The van der Waals surface area contributed by atoms with Crippen LogP contribution in [0.15, 0.2) is 6.07 Å². The maximum Gasteiger partial charge on any atom is 0.211 e. The molecule has 0 saturated carbocycles. The van der Waals surface area contributed by atoms with E-state index in [2.05, 4.69) is 31.6 Å². The number of aryl methyl sites for hydroxylation is 3. The van der Waals surface area contributed by atoms with Crippen LogP contribution in [0.25, 0.3) is 0 Å². The minimum Gasteiger partial charge on any atom is -0.215 e. The fourth-order valence-corrected chi connectivity index (χ4v) is 4.80. The molecule has 5 heteroatoms. The first-order chi connectivity index (χ1) is 10.9. The molecule has 0 bridgehead atoms. The Kier molecular flexibility index (Phi) is 10.1. The highest BCUT2D eigenvalue weighted by Crippen LogP contribution is 2.21. The molecule has 0 unspecified atom stereocenters. The van der Waals surface area contributed by atoms with E-state index < -0.39 is 10.0 Å². The maximum atomic E-state index is 12.0. The van der Waals surface area contributed by atoms with Crippen LogP contribution in [-0.4, -0.2) is 20.7 Å². The summed E-state index contributed by atoms with van der Waals surface area (Å²) in [5.74, 6) is 0.195. The second-order valence-electron chi connectivity index (χ2n) is 6.38. The molecule has 0 amide bonds. The van der Waals surface area contributed by atoms with Gasteiger partial charge in [-0.05, 0) is 38.3 Å². The topological polar surface area (TPSA) is 46.2 Å². The van der Waals surface area contributed by atoms with Crippen molar-refractivity contribution in [2.45, 2.75) is 78.6 Å². The summed E-state index contributed by atoms with van der Waals surface area (Å²) in [4.78, 5) is 2.49. The number of rotatable bonds is 13. The Balaban J connectivity index is 2.10. The Hall–Kier alpha value is -0.390. The number of sulfonamides is 1.